The molecule has 1 fully saturated rings. The summed E-state index contributed by atoms with van der Waals surface area (Å²) >= 11 is 0. The minimum Gasteiger partial charge on any atom is -0.330 e. The van der Waals surface area contributed by atoms with Gasteiger partial charge in [-0.2, -0.15) is 0 Å². The van der Waals surface area contributed by atoms with Crippen LogP contribution in [0.25, 0.3) is 0 Å². The van der Waals surface area contributed by atoms with Gasteiger partial charge < -0.3 is 11.5 Å². The first-order chi connectivity index (χ1) is 5.84. The number of hydrogen-bond donors (Lipinski definition) is 2. The summed E-state index contributed by atoms with van der Waals surface area (Å²) in [5.41, 5.74) is 11.4. The zero-order chi connectivity index (χ0) is 8.81. The molecule has 72 valence electrons. The Bertz CT molecular complexity index is 110. The van der Waals surface area contributed by atoms with Crippen LogP contribution in [0, 0.1) is 0 Å². The third-order valence-electron chi connectivity index (χ3n) is 2.56. The maximum Gasteiger partial charge on any atom is 0.0572 e. The Labute approximate surface area is 75.1 Å². The number of rotatable bonds is 4. The topological polar surface area (TPSA) is 55.3 Å². The minimum atomic E-state index is 0.258. The molecule has 4 N–H and O–H groups in total. The maximum absolute atomic E-state index is 6.00. The maximum atomic E-state index is 6.00. The van der Waals surface area contributed by atoms with Crippen molar-refractivity contribution in [2.75, 3.05) is 19.6 Å². The first-order valence-electron chi connectivity index (χ1n) is 5.04. The van der Waals surface area contributed by atoms with E-state index in [1.165, 1.54) is 32.4 Å². The number of nitrogens with two attached hydrogens (primary N) is 2. The Hall–Kier alpha value is -0.120. The van der Waals surface area contributed by atoms with Crippen LogP contribution in [0.4, 0.5) is 0 Å². The molecule has 1 rings (SSSR count). The second-order valence-electron chi connectivity index (χ2n) is 3.59. The van der Waals surface area contributed by atoms with Crippen LogP contribution in [0.1, 0.15) is 32.1 Å². The van der Waals surface area contributed by atoms with Gasteiger partial charge in [0.2, 0.25) is 0 Å². The summed E-state index contributed by atoms with van der Waals surface area (Å²) in [6, 6.07) is 0. The van der Waals surface area contributed by atoms with Crippen LogP contribution in [-0.4, -0.2) is 30.7 Å². The van der Waals surface area contributed by atoms with Gasteiger partial charge in [0, 0.05) is 0 Å². The quantitative estimate of drug-likeness (QED) is 0.647. The molecule has 0 aromatic carbocycles. The van der Waals surface area contributed by atoms with E-state index in [4.69, 9.17) is 11.5 Å². The van der Waals surface area contributed by atoms with Crippen molar-refractivity contribution in [2.24, 2.45) is 11.5 Å². The molecule has 12 heavy (non-hydrogen) atoms. The fraction of sp³-hybridized carbons (Fsp3) is 1.00. The second-order valence-corrected chi connectivity index (χ2v) is 3.59. The molecule has 3 nitrogen and oxygen atoms in total. The van der Waals surface area contributed by atoms with Crippen LogP contribution in [-0.2, 0) is 0 Å². The van der Waals surface area contributed by atoms with Crippen molar-refractivity contribution in [3.05, 3.63) is 0 Å². The summed E-state index contributed by atoms with van der Waals surface area (Å²) in [6.07, 6.45) is 6.37. The minimum absolute atomic E-state index is 0.258. The Kier molecular flexibility index (Phi) is 4.58. The normalized spacial score (nSPS) is 22.5. The molecular weight excluding hydrogens is 150 g/mol. The van der Waals surface area contributed by atoms with E-state index >= 15 is 0 Å². The Balaban J connectivity index is 2.15. The van der Waals surface area contributed by atoms with E-state index < -0.39 is 0 Å². The van der Waals surface area contributed by atoms with Gasteiger partial charge in [0.1, 0.15) is 0 Å². The van der Waals surface area contributed by atoms with Crippen molar-refractivity contribution in [3.8, 4) is 0 Å². The molecule has 0 spiro atoms. The summed E-state index contributed by atoms with van der Waals surface area (Å²) in [6.45, 7) is 3.14. The average molecular weight is 171 g/mol. The number of piperidine rings is 1. The van der Waals surface area contributed by atoms with Gasteiger partial charge in [-0.05, 0) is 45.3 Å². The summed E-state index contributed by atoms with van der Waals surface area (Å²) in [5, 5.41) is 0. The lowest BCUT2D eigenvalue weighted by atomic mass is 10.1. The van der Waals surface area contributed by atoms with Crippen LogP contribution in [0.3, 0.4) is 0 Å². The molecule has 1 atom stereocenters. The SMILES string of the molecule is NCCCC(N)N1CCCCC1. The molecule has 0 bridgehead atoms. The van der Waals surface area contributed by atoms with E-state index in [0.717, 1.165) is 19.4 Å². The zero-order valence-corrected chi connectivity index (χ0v) is 7.84. The van der Waals surface area contributed by atoms with Gasteiger partial charge in [0.05, 0.1) is 6.17 Å². The van der Waals surface area contributed by atoms with E-state index in [-0.39, 0.29) is 6.17 Å². The molecule has 0 aliphatic carbocycles. The first-order valence-corrected chi connectivity index (χ1v) is 5.04. The molecular formula is C9H21N3. The third-order valence-corrected chi connectivity index (χ3v) is 2.56. The lowest BCUT2D eigenvalue weighted by Crippen LogP contribution is -2.44. The fourth-order valence-electron chi connectivity index (χ4n) is 1.76. The molecule has 1 heterocycles. The van der Waals surface area contributed by atoms with Crippen LogP contribution >= 0.6 is 0 Å². The molecule has 1 unspecified atom stereocenters. The average Bonchev–Trinajstić information content (AvgIpc) is 2.15. The lowest BCUT2D eigenvalue weighted by Gasteiger charge is -2.31. The Morgan fingerprint density at radius 1 is 1.17 bits per heavy atom. The highest BCUT2D eigenvalue weighted by molar-refractivity contribution is 4.70. The van der Waals surface area contributed by atoms with Crippen molar-refractivity contribution < 1.29 is 0 Å². The summed E-state index contributed by atoms with van der Waals surface area (Å²) in [7, 11) is 0. The monoisotopic (exact) mass is 171 g/mol. The van der Waals surface area contributed by atoms with E-state index in [9.17, 15) is 0 Å². The highest BCUT2D eigenvalue weighted by atomic mass is 15.2. The summed E-state index contributed by atoms with van der Waals surface area (Å²) < 4.78 is 0. The largest absolute Gasteiger partial charge is 0.330 e. The van der Waals surface area contributed by atoms with Crippen LogP contribution in [0.15, 0.2) is 0 Å². The second kappa shape index (κ2) is 5.51. The van der Waals surface area contributed by atoms with E-state index in [1.54, 1.807) is 0 Å². The number of hydrogen-bond acceptors (Lipinski definition) is 3. The van der Waals surface area contributed by atoms with Crippen LogP contribution in [0.5, 0.6) is 0 Å². The highest BCUT2D eigenvalue weighted by Gasteiger charge is 2.15. The van der Waals surface area contributed by atoms with Crippen molar-refractivity contribution in [3.63, 3.8) is 0 Å². The van der Waals surface area contributed by atoms with Crippen molar-refractivity contribution >= 4 is 0 Å². The van der Waals surface area contributed by atoms with E-state index in [2.05, 4.69) is 4.90 Å². The first kappa shape index (κ1) is 9.96. The van der Waals surface area contributed by atoms with Crippen LogP contribution < -0.4 is 11.5 Å². The van der Waals surface area contributed by atoms with Gasteiger partial charge in [-0.1, -0.05) is 6.42 Å². The molecule has 1 aliphatic rings. The van der Waals surface area contributed by atoms with Gasteiger partial charge in [-0.3, -0.25) is 4.90 Å². The van der Waals surface area contributed by atoms with Gasteiger partial charge in [0.25, 0.3) is 0 Å². The van der Waals surface area contributed by atoms with Gasteiger partial charge in [-0.15, -0.1) is 0 Å². The van der Waals surface area contributed by atoms with Crippen molar-refractivity contribution in [1.29, 1.82) is 0 Å². The molecule has 1 saturated heterocycles. The standard InChI is InChI=1S/C9H21N3/c10-6-4-5-9(11)12-7-2-1-3-8-12/h9H,1-8,10-11H2. The van der Waals surface area contributed by atoms with E-state index in [0.29, 0.717) is 0 Å². The highest BCUT2D eigenvalue weighted by Crippen LogP contribution is 2.11. The molecule has 0 aromatic heterocycles. The third kappa shape index (κ3) is 3.09. The Morgan fingerprint density at radius 2 is 1.83 bits per heavy atom. The molecule has 1 aliphatic heterocycles. The van der Waals surface area contributed by atoms with Crippen LogP contribution in [0.2, 0.25) is 0 Å². The lowest BCUT2D eigenvalue weighted by molar-refractivity contribution is 0.157. The zero-order valence-electron chi connectivity index (χ0n) is 7.84. The van der Waals surface area contributed by atoms with Gasteiger partial charge in [0.15, 0.2) is 0 Å². The predicted octanol–water partition coefficient (Wildman–Crippen LogP) is 0.496. The molecule has 0 radical (unpaired) electrons. The van der Waals surface area contributed by atoms with Crippen molar-refractivity contribution in [2.45, 2.75) is 38.3 Å². The number of nitrogens with zero attached hydrogens (tertiary/aromatic N) is 1. The van der Waals surface area contributed by atoms with Gasteiger partial charge >= 0.3 is 0 Å². The van der Waals surface area contributed by atoms with E-state index in [1.807, 2.05) is 0 Å². The van der Waals surface area contributed by atoms with Crippen molar-refractivity contribution in [1.82, 2.24) is 4.90 Å². The Morgan fingerprint density at radius 3 is 2.42 bits per heavy atom. The molecule has 0 amide bonds. The summed E-state index contributed by atoms with van der Waals surface area (Å²) in [4.78, 5) is 2.39. The fourth-order valence-corrected chi connectivity index (χ4v) is 1.76. The smallest absolute Gasteiger partial charge is 0.0572 e. The molecule has 3 heteroatoms. The predicted molar refractivity (Wildman–Crippen MR) is 51.7 cm³/mol. The molecule has 0 aromatic rings. The van der Waals surface area contributed by atoms with Gasteiger partial charge in [-0.25, -0.2) is 0 Å². The molecule has 0 saturated carbocycles. The number of likely N-dealkylation sites (tertiary alicyclic amines) is 1. The summed E-state index contributed by atoms with van der Waals surface area (Å²) in [5.74, 6) is 0.